The van der Waals surface area contributed by atoms with Crippen LogP contribution < -0.4 is 4.74 Å². The standard InChI is InChI=1S/C13H15Cl2NO3/c14-11-4-3-10(9-12(11)15)18-8-5-13(17)16-6-1-2-7-19-16/h3-4,9H,1-2,5-8H2. The maximum atomic E-state index is 11.8. The van der Waals surface area contributed by atoms with E-state index in [4.69, 9.17) is 32.8 Å². The molecule has 1 heterocycles. The average Bonchev–Trinajstić information content (AvgIpc) is 2.43. The number of hydrogen-bond acceptors (Lipinski definition) is 3. The minimum absolute atomic E-state index is 0.0558. The zero-order valence-electron chi connectivity index (χ0n) is 10.4. The van der Waals surface area contributed by atoms with Crippen LogP contribution >= 0.6 is 23.2 Å². The molecular formula is C13H15Cl2NO3. The number of carbonyl (C=O) groups excluding carboxylic acids is 1. The second-order valence-electron chi connectivity index (χ2n) is 4.21. The lowest BCUT2D eigenvalue weighted by Gasteiger charge is -2.25. The first-order valence-electron chi connectivity index (χ1n) is 6.18. The van der Waals surface area contributed by atoms with Crippen molar-refractivity contribution in [3.8, 4) is 5.75 Å². The monoisotopic (exact) mass is 303 g/mol. The summed E-state index contributed by atoms with van der Waals surface area (Å²) in [4.78, 5) is 17.1. The number of carbonyl (C=O) groups is 1. The average molecular weight is 304 g/mol. The molecule has 1 saturated heterocycles. The van der Waals surface area contributed by atoms with Gasteiger partial charge in [0, 0.05) is 12.6 Å². The summed E-state index contributed by atoms with van der Waals surface area (Å²) in [6.45, 7) is 1.56. The van der Waals surface area contributed by atoms with Gasteiger partial charge in [-0.05, 0) is 25.0 Å². The number of halogens is 2. The van der Waals surface area contributed by atoms with E-state index in [9.17, 15) is 4.79 Å². The van der Waals surface area contributed by atoms with E-state index >= 15 is 0 Å². The van der Waals surface area contributed by atoms with Gasteiger partial charge in [-0.15, -0.1) is 0 Å². The van der Waals surface area contributed by atoms with Gasteiger partial charge in [0.05, 0.1) is 29.7 Å². The van der Waals surface area contributed by atoms with E-state index in [2.05, 4.69) is 0 Å². The van der Waals surface area contributed by atoms with Crippen LogP contribution in [0, 0.1) is 0 Å². The van der Waals surface area contributed by atoms with Crippen LogP contribution in [-0.4, -0.2) is 30.7 Å². The molecule has 0 unspecified atom stereocenters. The molecule has 1 amide bonds. The number of hydroxylamine groups is 2. The van der Waals surface area contributed by atoms with Crippen LogP contribution in [0.3, 0.4) is 0 Å². The normalized spacial score (nSPS) is 15.4. The summed E-state index contributed by atoms with van der Waals surface area (Å²) in [6.07, 6.45) is 2.27. The fourth-order valence-electron chi connectivity index (χ4n) is 1.74. The van der Waals surface area contributed by atoms with Crippen molar-refractivity contribution in [2.45, 2.75) is 19.3 Å². The van der Waals surface area contributed by atoms with E-state index in [0.29, 0.717) is 28.9 Å². The van der Waals surface area contributed by atoms with E-state index in [-0.39, 0.29) is 18.9 Å². The van der Waals surface area contributed by atoms with Gasteiger partial charge < -0.3 is 4.74 Å². The summed E-state index contributed by atoms with van der Waals surface area (Å²) in [5, 5.41) is 2.33. The number of amides is 1. The molecule has 1 aliphatic heterocycles. The Bertz CT molecular complexity index is 448. The topological polar surface area (TPSA) is 38.8 Å². The second kappa shape index (κ2) is 6.98. The van der Waals surface area contributed by atoms with Gasteiger partial charge in [0.15, 0.2) is 0 Å². The van der Waals surface area contributed by atoms with Gasteiger partial charge >= 0.3 is 0 Å². The number of hydrogen-bond donors (Lipinski definition) is 0. The van der Waals surface area contributed by atoms with Crippen molar-refractivity contribution in [2.75, 3.05) is 19.8 Å². The lowest BCUT2D eigenvalue weighted by atomic mass is 10.3. The van der Waals surface area contributed by atoms with Crippen molar-refractivity contribution in [3.63, 3.8) is 0 Å². The highest BCUT2D eigenvalue weighted by molar-refractivity contribution is 6.42. The van der Waals surface area contributed by atoms with Gasteiger partial charge in [-0.3, -0.25) is 9.63 Å². The Balaban J connectivity index is 1.76. The molecular weight excluding hydrogens is 289 g/mol. The first-order valence-corrected chi connectivity index (χ1v) is 6.93. The lowest BCUT2D eigenvalue weighted by molar-refractivity contribution is -0.197. The highest BCUT2D eigenvalue weighted by atomic mass is 35.5. The van der Waals surface area contributed by atoms with E-state index in [0.717, 1.165) is 12.8 Å². The fraction of sp³-hybridized carbons (Fsp3) is 0.462. The Kier molecular flexibility index (Phi) is 5.31. The molecule has 0 spiro atoms. The third-order valence-electron chi connectivity index (χ3n) is 2.76. The minimum atomic E-state index is -0.0558. The van der Waals surface area contributed by atoms with Crippen molar-refractivity contribution in [3.05, 3.63) is 28.2 Å². The van der Waals surface area contributed by atoms with Gasteiger partial charge in [0.1, 0.15) is 5.75 Å². The van der Waals surface area contributed by atoms with Gasteiger partial charge in [0.25, 0.3) is 0 Å². The van der Waals surface area contributed by atoms with Crippen LogP contribution in [-0.2, 0) is 9.63 Å². The molecule has 0 aliphatic carbocycles. The zero-order valence-corrected chi connectivity index (χ0v) is 11.9. The van der Waals surface area contributed by atoms with Gasteiger partial charge in [-0.2, -0.15) is 0 Å². The molecule has 0 aromatic heterocycles. The number of ether oxygens (including phenoxy) is 1. The Morgan fingerprint density at radius 3 is 2.84 bits per heavy atom. The number of rotatable bonds is 4. The highest BCUT2D eigenvalue weighted by Gasteiger charge is 2.17. The Labute approximate surface area is 122 Å². The summed E-state index contributed by atoms with van der Waals surface area (Å²) in [5.41, 5.74) is 0. The summed E-state index contributed by atoms with van der Waals surface area (Å²) >= 11 is 11.7. The van der Waals surface area contributed by atoms with Crippen molar-refractivity contribution < 1.29 is 14.4 Å². The van der Waals surface area contributed by atoms with Crippen molar-refractivity contribution in [2.24, 2.45) is 0 Å². The third kappa shape index (κ3) is 4.27. The molecule has 1 fully saturated rings. The van der Waals surface area contributed by atoms with E-state index < -0.39 is 0 Å². The van der Waals surface area contributed by atoms with E-state index in [1.807, 2.05) is 0 Å². The Hall–Kier alpha value is -0.970. The maximum Gasteiger partial charge on any atom is 0.249 e. The summed E-state index contributed by atoms with van der Waals surface area (Å²) in [7, 11) is 0. The molecule has 1 aromatic rings. The molecule has 0 radical (unpaired) electrons. The molecule has 4 nitrogen and oxygen atoms in total. The Morgan fingerprint density at radius 2 is 2.16 bits per heavy atom. The highest BCUT2D eigenvalue weighted by Crippen LogP contribution is 2.26. The third-order valence-corrected chi connectivity index (χ3v) is 3.50. The molecule has 0 bridgehead atoms. The van der Waals surface area contributed by atoms with E-state index in [1.165, 1.54) is 5.06 Å². The van der Waals surface area contributed by atoms with Gasteiger partial charge in [-0.25, -0.2) is 5.06 Å². The molecule has 1 aliphatic rings. The molecule has 0 saturated carbocycles. The van der Waals surface area contributed by atoms with Crippen molar-refractivity contribution in [1.29, 1.82) is 0 Å². The van der Waals surface area contributed by atoms with Crippen molar-refractivity contribution in [1.82, 2.24) is 5.06 Å². The largest absolute Gasteiger partial charge is 0.493 e. The van der Waals surface area contributed by atoms with Crippen LogP contribution in [0.25, 0.3) is 0 Å². The number of benzene rings is 1. The predicted octanol–water partition coefficient (Wildman–Crippen LogP) is 3.32. The molecule has 0 N–H and O–H groups in total. The minimum Gasteiger partial charge on any atom is -0.493 e. The molecule has 0 atom stereocenters. The van der Waals surface area contributed by atoms with Crippen LogP contribution in [0.5, 0.6) is 5.75 Å². The van der Waals surface area contributed by atoms with Crippen LogP contribution in [0.1, 0.15) is 19.3 Å². The fourth-order valence-corrected chi connectivity index (χ4v) is 2.03. The number of nitrogens with zero attached hydrogens (tertiary/aromatic N) is 1. The zero-order chi connectivity index (χ0) is 13.7. The van der Waals surface area contributed by atoms with Crippen LogP contribution in [0.15, 0.2) is 18.2 Å². The molecule has 1 aromatic carbocycles. The molecule has 6 heteroatoms. The lowest BCUT2D eigenvalue weighted by Crippen LogP contribution is -2.36. The summed E-state index contributed by atoms with van der Waals surface area (Å²) < 4.78 is 5.46. The quantitative estimate of drug-likeness (QED) is 0.856. The molecule has 19 heavy (non-hydrogen) atoms. The predicted molar refractivity (Wildman–Crippen MR) is 73.5 cm³/mol. The smallest absolute Gasteiger partial charge is 0.249 e. The second-order valence-corrected chi connectivity index (χ2v) is 5.02. The first kappa shape index (κ1) is 14.4. The van der Waals surface area contributed by atoms with Gasteiger partial charge in [0.2, 0.25) is 5.91 Å². The molecule has 104 valence electrons. The summed E-state index contributed by atoms with van der Waals surface area (Å²) in [6, 6.07) is 5.01. The van der Waals surface area contributed by atoms with E-state index in [1.54, 1.807) is 18.2 Å². The Morgan fingerprint density at radius 1 is 1.32 bits per heavy atom. The van der Waals surface area contributed by atoms with Crippen LogP contribution in [0.2, 0.25) is 10.0 Å². The SMILES string of the molecule is O=C(CCOc1ccc(Cl)c(Cl)c1)N1CCCCO1. The molecule has 2 rings (SSSR count). The summed E-state index contributed by atoms with van der Waals surface area (Å²) in [5.74, 6) is 0.543. The maximum absolute atomic E-state index is 11.8. The first-order chi connectivity index (χ1) is 9.16. The van der Waals surface area contributed by atoms with Gasteiger partial charge in [-0.1, -0.05) is 23.2 Å². The van der Waals surface area contributed by atoms with Crippen LogP contribution in [0.4, 0.5) is 0 Å². The van der Waals surface area contributed by atoms with Crippen molar-refractivity contribution >= 4 is 29.1 Å².